The topological polar surface area (TPSA) is 93.0 Å². The average molecular weight is 425 g/mol. The fourth-order valence-corrected chi connectivity index (χ4v) is 3.65. The van der Waals surface area contributed by atoms with Crippen molar-refractivity contribution < 1.29 is 9.59 Å². The van der Waals surface area contributed by atoms with Crippen LogP contribution in [-0.2, 0) is 4.79 Å². The monoisotopic (exact) mass is 424 g/mol. The fraction of sp³-hybridized carbons (Fsp3) is 0.286. The average Bonchev–Trinajstić information content (AvgIpc) is 3.25. The van der Waals surface area contributed by atoms with Gasteiger partial charge in [0.05, 0.1) is 22.8 Å². The van der Waals surface area contributed by atoms with Gasteiger partial charge in [0, 0.05) is 19.3 Å². The van der Waals surface area contributed by atoms with E-state index in [0.29, 0.717) is 36.0 Å². The third-order valence-electron chi connectivity index (χ3n) is 5.05. The number of nitrogens with one attached hydrogen (secondary N) is 1. The number of piperidine rings is 1. The lowest BCUT2D eigenvalue weighted by Gasteiger charge is -2.31. The number of aromatic nitrogens is 4. The summed E-state index contributed by atoms with van der Waals surface area (Å²) in [7, 11) is 0. The minimum atomic E-state index is -0.301. The highest BCUT2D eigenvalue weighted by Crippen LogP contribution is 2.22. The second kappa shape index (κ2) is 8.62. The van der Waals surface area contributed by atoms with Crippen molar-refractivity contribution in [3.63, 3.8) is 0 Å². The predicted molar refractivity (Wildman–Crippen MR) is 113 cm³/mol. The summed E-state index contributed by atoms with van der Waals surface area (Å²) >= 11 is 6.19. The van der Waals surface area contributed by atoms with Crippen LogP contribution in [0.2, 0.25) is 5.02 Å². The predicted octanol–water partition coefficient (Wildman–Crippen LogP) is 3.12. The maximum Gasteiger partial charge on any atom is 0.276 e. The Kier molecular flexibility index (Phi) is 5.76. The zero-order valence-electron chi connectivity index (χ0n) is 16.5. The Labute approximate surface area is 178 Å². The largest absolute Gasteiger partial charge is 0.336 e. The van der Waals surface area contributed by atoms with Gasteiger partial charge in [-0.2, -0.15) is 0 Å². The van der Waals surface area contributed by atoms with Gasteiger partial charge in [0.15, 0.2) is 5.69 Å². The van der Waals surface area contributed by atoms with Gasteiger partial charge < -0.3 is 10.2 Å². The van der Waals surface area contributed by atoms with Crippen LogP contribution in [0.5, 0.6) is 0 Å². The van der Waals surface area contributed by atoms with Crippen molar-refractivity contribution in [3.05, 3.63) is 65.1 Å². The highest BCUT2D eigenvalue weighted by atomic mass is 35.5. The van der Waals surface area contributed by atoms with Crippen molar-refractivity contribution in [1.29, 1.82) is 0 Å². The van der Waals surface area contributed by atoms with Gasteiger partial charge in [0.1, 0.15) is 5.82 Å². The first-order valence-electron chi connectivity index (χ1n) is 9.71. The molecule has 3 heterocycles. The van der Waals surface area contributed by atoms with Crippen molar-refractivity contribution in [2.45, 2.75) is 19.8 Å². The first-order valence-corrected chi connectivity index (χ1v) is 10.1. The molecule has 154 valence electrons. The van der Waals surface area contributed by atoms with E-state index >= 15 is 0 Å². The maximum atomic E-state index is 12.9. The molecule has 4 rings (SSSR count). The van der Waals surface area contributed by atoms with Crippen molar-refractivity contribution >= 4 is 29.2 Å². The zero-order chi connectivity index (χ0) is 21.1. The minimum absolute atomic E-state index is 0.136. The quantitative estimate of drug-likeness (QED) is 0.694. The van der Waals surface area contributed by atoms with Crippen molar-refractivity contribution in [3.8, 4) is 5.69 Å². The Morgan fingerprint density at radius 3 is 2.80 bits per heavy atom. The SMILES string of the molecule is Cc1ccc(NC(=O)C2CCCN(C(=O)c3cn(-c4ccccc4Cl)nn3)C2)nc1. The standard InChI is InChI=1S/C21H21ClN6O2/c1-14-8-9-19(23-11-14)24-20(29)15-5-4-10-27(12-15)21(30)17-13-28(26-25-17)18-7-3-2-6-16(18)22/h2-3,6-9,11,13,15H,4-5,10,12H2,1H3,(H,23,24,29). The smallest absolute Gasteiger partial charge is 0.276 e. The molecule has 1 N–H and O–H groups in total. The van der Waals surface area contributed by atoms with E-state index < -0.39 is 0 Å². The van der Waals surface area contributed by atoms with Gasteiger partial charge in [-0.3, -0.25) is 9.59 Å². The highest BCUT2D eigenvalue weighted by Gasteiger charge is 2.30. The van der Waals surface area contributed by atoms with Crippen LogP contribution in [0.25, 0.3) is 5.69 Å². The maximum absolute atomic E-state index is 12.9. The molecule has 3 aromatic rings. The highest BCUT2D eigenvalue weighted by molar-refractivity contribution is 6.32. The molecule has 9 heteroatoms. The van der Waals surface area contributed by atoms with Gasteiger partial charge in [-0.1, -0.05) is 35.0 Å². The second-order valence-electron chi connectivity index (χ2n) is 7.30. The molecule has 1 aromatic carbocycles. The zero-order valence-corrected chi connectivity index (χ0v) is 17.2. The summed E-state index contributed by atoms with van der Waals surface area (Å²) in [6.07, 6.45) is 4.72. The first kappa shape index (κ1) is 20.0. The molecule has 0 saturated carbocycles. The molecule has 0 aliphatic carbocycles. The summed E-state index contributed by atoms with van der Waals surface area (Å²) in [5, 5.41) is 11.4. The molecular weight excluding hydrogens is 404 g/mol. The van der Waals surface area contributed by atoms with Crippen LogP contribution in [0, 0.1) is 12.8 Å². The van der Waals surface area contributed by atoms with Crippen molar-refractivity contribution in [1.82, 2.24) is 24.9 Å². The van der Waals surface area contributed by atoms with E-state index in [1.807, 2.05) is 25.1 Å². The summed E-state index contributed by atoms with van der Waals surface area (Å²) < 4.78 is 1.48. The van der Waals surface area contributed by atoms with E-state index in [1.165, 1.54) is 4.68 Å². The molecule has 1 unspecified atom stereocenters. The molecule has 1 aliphatic heterocycles. The molecule has 2 aromatic heterocycles. The molecular formula is C21H21ClN6O2. The van der Waals surface area contributed by atoms with E-state index in [-0.39, 0.29) is 23.4 Å². The number of carbonyl (C=O) groups is 2. The molecule has 1 saturated heterocycles. The lowest BCUT2D eigenvalue weighted by molar-refractivity contribution is -0.121. The van der Waals surface area contributed by atoms with Gasteiger partial charge in [-0.05, 0) is 43.5 Å². The van der Waals surface area contributed by atoms with Gasteiger partial charge in [0.2, 0.25) is 5.91 Å². The number of para-hydroxylation sites is 1. The van der Waals surface area contributed by atoms with Crippen LogP contribution in [0.3, 0.4) is 0 Å². The third-order valence-corrected chi connectivity index (χ3v) is 5.37. The summed E-state index contributed by atoms with van der Waals surface area (Å²) in [4.78, 5) is 31.4. The Hall–Kier alpha value is -3.26. The number of hydrogen-bond acceptors (Lipinski definition) is 5. The van der Waals surface area contributed by atoms with E-state index in [4.69, 9.17) is 11.6 Å². The van der Waals surface area contributed by atoms with Gasteiger partial charge >= 0.3 is 0 Å². The first-order chi connectivity index (χ1) is 14.5. The molecule has 1 fully saturated rings. The van der Waals surface area contributed by atoms with E-state index in [2.05, 4.69) is 20.6 Å². The number of carbonyl (C=O) groups excluding carboxylic acids is 2. The Bertz CT molecular complexity index is 1070. The molecule has 2 amide bonds. The van der Waals surface area contributed by atoms with Gasteiger partial charge in [-0.25, -0.2) is 9.67 Å². The molecule has 8 nitrogen and oxygen atoms in total. The number of amides is 2. The Morgan fingerprint density at radius 1 is 1.20 bits per heavy atom. The number of anilines is 1. The lowest BCUT2D eigenvalue weighted by atomic mass is 9.97. The number of rotatable bonds is 4. The number of aryl methyl sites for hydroxylation is 1. The van der Waals surface area contributed by atoms with E-state index in [9.17, 15) is 9.59 Å². The molecule has 0 bridgehead atoms. The summed E-state index contributed by atoms with van der Waals surface area (Å²) in [6.45, 7) is 2.84. The normalized spacial score (nSPS) is 16.3. The molecule has 0 spiro atoms. The number of nitrogens with zero attached hydrogens (tertiary/aromatic N) is 5. The number of benzene rings is 1. The van der Waals surface area contributed by atoms with E-state index in [1.54, 1.807) is 35.5 Å². The number of pyridine rings is 1. The second-order valence-corrected chi connectivity index (χ2v) is 7.71. The van der Waals surface area contributed by atoms with E-state index in [0.717, 1.165) is 12.0 Å². The summed E-state index contributed by atoms with van der Waals surface area (Å²) in [5.41, 5.74) is 1.88. The Morgan fingerprint density at radius 2 is 2.03 bits per heavy atom. The number of likely N-dealkylation sites (tertiary alicyclic amines) is 1. The molecule has 1 aliphatic rings. The van der Waals surface area contributed by atoms with Crippen LogP contribution in [0.1, 0.15) is 28.9 Å². The van der Waals surface area contributed by atoms with Crippen LogP contribution in [-0.4, -0.2) is 49.8 Å². The lowest BCUT2D eigenvalue weighted by Crippen LogP contribution is -2.44. The molecule has 0 radical (unpaired) electrons. The van der Waals surface area contributed by atoms with Crippen LogP contribution >= 0.6 is 11.6 Å². The molecule has 1 atom stereocenters. The minimum Gasteiger partial charge on any atom is -0.336 e. The molecule has 30 heavy (non-hydrogen) atoms. The Balaban J connectivity index is 1.43. The van der Waals surface area contributed by atoms with Crippen LogP contribution in [0.15, 0.2) is 48.8 Å². The summed E-state index contributed by atoms with van der Waals surface area (Å²) in [6, 6.07) is 10.9. The van der Waals surface area contributed by atoms with Gasteiger partial charge in [-0.15, -0.1) is 5.10 Å². The fourth-order valence-electron chi connectivity index (χ4n) is 3.42. The number of hydrogen-bond donors (Lipinski definition) is 1. The van der Waals surface area contributed by atoms with Gasteiger partial charge in [0.25, 0.3) is 5.91 Å². The van der Waals surface area contributed by atoms with Crippen LogP contribution in [0.4, 0.5) is 5.82 Å². The number of halogens is 1. The summed E-state index contributed by atoms with van der Waals surface area (Å²) in [5.74, 6) is -0.177. The van der Waals surface area contributed by atoms with Crippen molar-refractivity contribution in [2.75, 3.05) is 18.4 Å². The third kappa shape index (κ3) is 4.33. The van der Waals surface area contributed by atoms with Crippen molar-refractivity contribution in [2.24, 2.45) is 5.92 Å². The van der Waals surface area contributed by atoms with Crippen LogP contribution < -0.4 is 5.32 Å².